The van der Waals surface area contributed by atoms with Crippen LogP contribution in [0, 0.1) is 0 Å². The number of rotatable bonds is 4. The van der Waals surface area contributed by atoms with Crippen molar-refractivity contribution in [1.29, 1.82) is 0 Å². The van der Waals surface area contributed by atoms with Gasteiger partial charge in [-0.3, -0.25) is 9.69 Å². The third kappa shape index (κ3) is 3.04. The molecule has 2 rings (SSSR count). The zero-order valence-electron chi connectivity index (χ0n) is 9.67. The summed E-state index contributed by atoms with van der Waals surface area (Å²) < 4.78 is 4.94. The Morgan fingerprint density at radius 2 is 2.53 bits per heavy atom. The van der Waals surface area contributed by atoms with E-state index in [-0.39, 0.29) is 53.5 Å². The molecule has 1 saturated heterocycles. The molecule has 1 amide bonds. The van der Waals surface area contributed by atoms with Gasteiger partial charge in [-0.05, 0) is 6.92 Å². The molecule has 89 valence electrons. The monoisotopic (exact) mass is 267 g/mol. The van der Waals surface area contributed by atoms with Crippen LogP contribution in [0.25, 0.3) is 0 Å². The molecular weight excluding hydrogens is 255 g/mol. The number of ether oxygens (including phenoxy) is 1. The van der Waals surface area contributed by atoms with E-state index < -0.39 is 5.97 Å². The molecule has 0 aromatic rings. The zero-order valence-corrected chi connectivity index (χ0v) is 12.5. The number of β-lactam (4-membered cyclic amide) rings is 1. The molecule has 0 saturated carbocycles. The van der Waals surface area contributed by atoms with Crippen LogP contribution < -0.4 is 5.48 Å². The fourth-order valence-corrected chi connectivity index (χ4v) is 2.53. The summed E-state index contributed by atoms with van der Waals surface area (Å²) in [4.78, 5) is 24.3. The van der Waals surface area contributed by atoms with Crippen molar-refractivity contribution in [3.8, 4) is 0 Å². The van der Waals surface area contributed by atoms with Gasteiger partial charge in [-0.2, -0.15) is 5.48 Å². The molecule has 0 bridgehead atoms. The van der Waals surface area contributed by atoms with Crippen LogP contribution in [0.15, 0.2) is 11.1 Å². The molecule has 2 heterocycles. The molecule has 1 fully saturated rings. The Bertz CT molecular complexity index is 363. The Labute approximate surface area is 125 Å². The van der Waals surface area contributed by atoms with Gasteiger partial charge in [0.25, 0.3) is 0 Å². The summed E-state index contributed by atoms with van der Waals surface area (Å²) in [7, 11) is 0. The molecule has 2 aliphatic heterocycles. The minimum atomic E-state index is -0.523. The van der Waals surface area contributed by atoms with Crippen molar-refractivity contribution >= 4 is 53.2 Å². The summed E-state index contributed by atoms with van der Waals surface area (Å²) in [5.74, 6) is -0.573. The number of amides is 1. The molecule has 6 nitrogen and oxygen atoms in total. The van der Waals surface area contributed by atoms with Crippen LogP contribution in [0.3, 0.4) is 0 Å². The Morgan fingerprint density at radius 1 is 1.82 bits per heavy atom. The van der Waals surface area contributed by atoms with Crippen molar-refractivity contribution in [3.63, 3.8) is 0 Å². The number of carbonyl (C=O) groups is 2. The van der Waals surface area contributed by atoms with Crippen molar-refractivity contribution in [2.45, 2.75) is 24.8 Å². The van der Waals surface area contributed by atoms with Gasteiger partial charge in [0.1, 0.15) is 12.3 Å². The van der Waals surface area contributed by atoms with E-state index in [0.29, 0.717) is 12.1 Å². The summed E-state index contributed by atoms with van der Waals surface area (Å²) in [6.07, 6.45) is 0.479. The molecule has 0 spiro atoms. The maximum Gasteiger partial charge on any atom is 0.355 e. The van der Waals surface area contributed by atoms with Gasteiger partial charge in [-0.25, -0.2) is 4.79 Å². The fraction of sp³-hybridized carbons (Fsp3) is 0.556. The van der Waals surface area contributed by atoms with Crippen molar-refractivity contribution in [2.75, 3.05) is 6.61 Å². The average molecular weight is 267 g/mol. The van der Waals surface area contributed by atoms with Gasteiger partial charge in [-0.15, -0.1) is 11.8 Å². The van der Waals surface area contributed by atoms with Crippen LogP contribution in [-0.2, 0) is 14.3 Å². The summed E-state index contributed by atoms with van der Waals surface area (Å²) in [5, 5.41) is 10.3. The molecule has 0 aliphatic carbocycles. The number of esters is 1. The quantitative estimate of drug-likeness (QED) is 0.314. The maximum absolute atomic E-state index is 11.6. The number of nitrogens with zero attached hydrogens (tertiary/aromatic N) is 1. The van der Waals surface area contributed by atoms with Gasteiger partial charge >= 0.3 is 5.97 Å². The van der Waals surface area contributed by atoms with Gasteiger partial charge in [0.05, 0.1) is 17.8 Å². The zero-order chi connectivity index (χ0) is 11.7. The predicted molar refractivity (Wildman–Crippen MR) is 62.0 cm³/mol. The maximum atomic E-state index is 11.6. The van der Waals surface area contributed by atoms with Gasteiger partial charge < -0.3 is 9.94 Å². The van der Waals surface area contributed by atoms with Crippen molar-refractivity contribution in [2.24, 2.45) is 0 Å². The number of hydroxylamine groups is 1. The van der Waals surface area contributed by atoms with E-state index in [9.17, 15) is 9.59 Å². The van der Waals surface area contributed by atoms with Crippen LogP contribution in [-0.4, -0.2) is 69.6 Å². The van der Waals surface area contributed by atoms with Gasteiger partial charge in [-0.1, -0.05) is 0 Å². The summed E-state index contributed by atoms with van der Waals surface area (Å²) in [6, 6.07) is -0.332. The summed E-state index contributed by atoms with van der Waals surface area (Å²) >= 11 is 1.45. The van der Waals surface area contributed by atoms with E-state index in [2.05, 4.69) is 0 Å². The Hall–Kier alpha value is -0.0500. The summed E-state index contributed by atoms with van der Waals surface area (Å²) in [6.45, 7) is 1.73. The first kappa shape index (κ1) is 15.0. The predicted octanol–water partition coefficient (Wildman–Crippen LogP) is -0.337. The minimum Gasteiger partial charge on any atom is -0.459 e. The first-order valence-corrected chi connectivity index (χ1v) is 5.82. The number of fused-ring (bicyclic) bond motifs is 1. The molecule has 0 aromatic heterocycles. The molecule has 8 heteroatoms. The van der Waals surface area contributed by atoms with Crippen molar-refractivity contribution in [3.05, 3.63) is 11.1 Å². The third-order valence-corrected chi connectivity index (χ3v) is 3.45. The number of hydrogen-bond acceptors (Lipinski definition) is 6. The Morgan fingerprint density at radius 3 is 3.12 bits per heavy atom. The first-order valence-electron chi connectivity index (χ1n) is 4.88. The molecule has 2 N–H and O–H groups in total. The van der Waals surface area contributed by atoms with Gasteiger partial charge in [0.2, 0.25) is 5.91 Å². The molecular formula is C9H12N2NaO4S. The second kappa shape index (κ2) is 6.21. The second-order valence-corrected chi connectivity index (χ2v) is 4.74. The standard InChI is InChI=1S/C9H12N2O4S.Na/c1-5(10-14)3-15-9(13)6-4-16-8-2-7(12)11(6)8;/h4-5,8,10,14H,2-3H2,1H3;/t5?,8-;/m1./s1. The van der Waals surface area contributed by atoms with Crippen LogP contribution in [0.4, 0.5) is 0 Å². The van der Waals surface area contributed by atoms with E-state index in [4.69, 9.17) is 9.94 Å². The van der Waals surface area contributed by atoms with Gasteiger partial charge in [0.15, 0.2) is 0 Å². The molecule has 1 unspecified atom stereocenters. The van der Waals surface area contributed by atoms with Crippen LogP contribution >= 0.6 is 11.8 Å². The average Bonchev–Trinajstić information content (AvgIpc) is 2.62. The minimum absolute atomic E-state index is 0. The normalized spacial score (nSPS) is 23.2. The number of hydrogen-bond donors (Lipinski definition) is 2. The topological polar surface area (TPSA) is 78.9 Å². The van der Waals surface area contributed by atoms with E-state index in [1.165, 1.54) is 16.7 Å². The van der Waals surface area contributed by atoms with E-state index in [1.54, 1.807) is 12.3 Å². The molecule has 0 aromatic carbocycles. The van der Waals surface area contributed by atoms with E-state index in [0.717, 1.165) is 0 Å². The number of nitrogens with one attached hydrogen (secondary N) is 1. The molecule has 17 heavy (non-hydrogen) atoms. The Kier molecular flexibility index (Phi) is 5.49. The number of carbonyl (C=O) groups excluding carboxylic acids is 2. The van der Waals surface area contributed by atoms with Crippen molar-refractivity contribution < 1.29 is 19.5 Å². The second-order valence-electron chi connectivity index (χ2n) is 3.69. The smallest absolute Gasteiger partial charge is 0.355 e. The van der Waals surface area contributed by atoms with Crippen LogP contribution in [0.5, 0.6) is 0 Å². The fourth-order valence-electron chi connectivity index (χ4n) is 1.44. The van der Waals surface area contributed by atoms with Crippen LogP contribution in [0.2, 0.25) is 0 Å². The summed E-state index contributed by atoms with van der Waals surface area (Å²) in [5.41, 5.74) is 2.27. The van der Waals surface area contributed by atoms with E-state index in [1.807, 2.05) is 5.48 Å². The van der Waals surface area contributed by atoms with Gasteiger partial charge in [0, 0.05) is 35.0 Å². The number of thioether (sulfide) groups is 1. The molecule has 1 radical (unpaired) electrons. The SMILES string of the molecule is CC(COC(=O)C1=CS[C@@H]2CC(=O)N12)NO.[Na]. The Balaban J connectivity index is 0.00000144. The molecule has 2 aliphatic rings. The molecule has 2 atom stereocenters. The largest absolute Gasteiger partial charge is 0.459 e. The van der Waals surface area contributed by atoms with Crippen LogP contribution in [0.1, 0.15) is 13.3 Å². The first-order chi connectivity index (χ1) is 7.63. The third-order valence-electron chi connectivity index (χ3n) is 2.40. The van der Waals surface area contributed by atoms with Crippen molar-refractivity contribution in [1.82, 2.24) is 10.4 Å². The van der Waals surface area contributed by atoms with E-state index >= 15 is 0 Å².